The highest BCUT2D eigenvalue weighted by Crippen LogP contribution is 2.19. The first-order valence-electron chi connectivity index (χ1n) is 10.0. The van der Waals surface area contributed by atoms with Gasteiger partial charge in [0.2, 0.25) is 0 Å². The average Bonchev–Trinajstić information content (AvgIpc) is 2.75. The number of benzene rings is 2. The van der Waals surface area contributed by atoms with Crippen molar-refractivity contribution in [1.29, 1.82) is 0 Å². The van der Waals surface area contributed by atoms with Crippen LogP contribution in [0.3, 0.4) is 0 Å². The Morgan fingerprint density at radius 1 is 1.03 bits per heavy atom. The number of hydrogen-bond donors (Lipinski definition) is 3. The fraction of sp³-hybridized carbons (Fsp3) is 0.304. The first kappa shape index (κ1) is 23.6. The number of rotatable bonds is 8. The molecule has 0 fully saturated rings. The highest BCUT2D eigenvalue weighted by Gasteiger charge is 2.14. The normalized spacial score (nSPS) is 11.6. The van der Waals surface area contributed by atoms with Gasteiger partial charge >= 0.3 is 11.8 Å². The van der Waals surface area contributed by atoms with Crippen LogP contribution in [0, 0.1) is 13.8 Å². The summed E-state index contributed by atoms with van der Waals surface area (Å²) in [7, 11) is 0. The van der Waals surface area contributed by atoms with Gasteiger partial charge < -0.3 is 15.4 Å². The molecule has 0 radical (unpaired) electrons. The van der Waals surface area contributed by atoms with Crippen molar-refractivity contribution < 1.29 is 19.1 Å². The lowest BCUT2D eigenvalue weighted by Crippen LogP contribution is -2.41. The van der Waals surface area contributed by atoms with Gasteiger partial charge in [-0.05, 0) is 68.1 Å². The predicted molar refractivity (Wildman–Crippen MR) is 120 cm³/mol. The maximum atomic E-state index is 12.2. The number of anilines is 1. The van der Waals surface area contributed by atoms with Crippen molar-refractivity contribution in [3.05, 3.63) is 59.2 Å². The van der Waals surface area contributed by atoms with Gasteiger partial charge in [0.05, 0.1) is 6.21 Å². The van der Waals surface area contributed by atoms with E-state index in [1.54, 1.807) is 24.3 Å². The van der Waals surface area contributed by atoms with Gasteiger partial charge in [-0.1, -0.05) is 25.1 Å². The fourth-order valence-corrected chi connectivity index (χ4v) is 2.59. The summed E-state index contributed by atoms with van der Waals surface area (Å²) in [5, 5.41) is 9.19. The van der Waals surface area contributed by atoms with Crippen LogP contribution in [0.25, 0.3) is 0 Å². The van der Waals surface area contributed by atoms with Crippen molar-refractivity contribution in [2.75, 3.05) is 11.9 Å². The smallest absolute Gasteiger partial charge is 0.329 e. The number of carbonyl (C=O) groups is 3. The van der Waals surface area contributed by atoms with Crippen molar-refractivity contribution in [2.45, 2.75) is 40.2 Å². The molecule has 0 aromatic heterocycles. The zero-order chi connectivity index (χ0) is 22.8. The van der Waals surface area contributed by atoms with Crippen LogP contribution >= 0.6 is 0 Å². The van der Waals surface area contributed by atoms with Crippen molar-refractivity contribution in [3.63, 3.8) is 0 Å². The second-order valence-corrected chi connectivity index (χ2v) is 7.15. The van der Waals surface area contributed by atoms with Crippen LogP contribution in [0.2, 0.25) is 0 Å². The van der Waals surface area contributed by atoms with Gasteiger partial charge in [0.1, 0.15) is 5.75 Å². The molecule has 0 bridgehead atoms. The third-order valence-corrected chi connectivity index (χ3v) is 4.57. The zero-order valence-electron chi connectivity index (χ0n) is 18.2. The van der Waals surface area contributed by atoms with E-state index in [9.17, 15) is 14.4 Å². The molecular formula is C23H28N4O4. The average molecular weight is 425 g/mol. The molecule has 0 aliphatic carbocycles. The Morgan fingerprint density at radius 3 is 2.29 bits per heavy atom. The van der Waals surface area contributed by atoms with Crippen LogP contribution in [-0.4, -0.2) is 36.6 Å². The van der Waals surface area contributed by atoms with E-state index in [1.165, 1.54) is 6.21 Å². The highest BCUT2D eigenvalue weighted by molar-refractivity contribution is 6.35. The molecule has 0 unspecified atom stereocenters. The molecule has 3 N–H and O–H groups in total. The molecule has 164 valence electrons. The topological polar surface area (TPSA) is 109 Å². The maximum Gasteiger partial charge on any atom is 0.329 e. The van der Waals surface area contributed by atoms with Crippen molar-refractivity contribution in [3.8, 4) is 5.75 Å². The Labute approximate surface area is 182 Å². The monoisotopic (exact) mass is 424 g/mol. The Hall–Kier alpha value is -3.68. The molecule has 2 rings (SSSR count). The minimum Gasteiger partial charge on any atom is -0.484 e. The highest BCUT2D eigenvalue weighted by atomic mass is 16.5. The van der Waals surface area contributed by atoms with Gasteiger partial charge in [-0.25, -0.2) is 5.43 Å². The van der Waals surface area contributed by atoms with Gasteiger partial charge in [0.25, 0.3) is 5.91 Å². The van der Waals surface area contributed by atoms with E-state index in [0.29, 0.717) is 11.3 Å². The molecule has 0 saturated carbocycles. The van der Waals surface area contributed by atoms with E-state index in [0.717, 1.165) is 23.2 Å². The summed E-state index contributed by atoms with van der Waals surface area (Å²) < 4.78 is 5.52. The Bertz CT molecular complexity index is 934. The number of para-hydroxylation sites is 1. The lowest BCUT2D eigenvalue weighted by Gasteiger charge is -2.12. The molecule has 2 aromatic rings. The lowest BCUT2D eigenvalue weighted by atomic mass is 10.1. The van der Waals surface area contributed by atoms with Crippen LogP contribution in [-0.2, 0) is 14.4 Å². The van der Waals surface area contributed by atoms with E-state index in [1.807, 2.05) is 45.9 Å². The minimum absolute atomic E-state index is 0.0856. The number of hydrogen-bond acceptors (Lipinski definition) is 5. The fourth-order valence-electron chi connectivity index (χ4n) is 2.59. The molecule has 0 aliphatic rings. The molecule has 31 heavy (non-hydrogen) atoms. The number of aryl methyl sites for hydroxylation is 2. The molecule has 8 nitrogen and oxygen atoms in total. The van der Waals surface area contributed by atoms with Gasteiger partial charge in [-0.3, -0.25) is 14.4 Å². The van der Waals surface area contributed by atoms with E-state index >= 15 is 0 Å². The van der Waals surface area contributed by atoms with Crippen molar-refractivity contribution >= 4 is 29.6 Å². The van der Waals surface area contributed by atoms with E-state index < -0.39 is 11.8 Å². The molecule has 0 saturated heterocycles. The number of nitrogens with one attached hydrogen (secondary N) is 3. The number of amides is 3. The summed E-state index contributed by atoms with van der Waals surface area (Å²) >= 11 is 0. The first-order valence-corrected chi connectivity index (χ1v) is 10.0. The Morgan fingerprint density at radius 2 is 1.68 bits per heavy atom. The van der Waals surface area contributed by atoms with Gasteiger partial charge in [-0.2, -0.15) is 5.10 Å². The summed E-state index contributed by atoms with van der Waals surface area (Å²) in [4.78, 5) is 35.5. The van der Waals surface area contributed by atoms with Gasteiger partial charge in [0, 0.05) is 11.7 Å². The van der Waals surface area contributed by atoms with Gasteiger partial charge in [0.15, 0.2) is 6.61 Å². The van der Waals surface area contributed by atoms with E-state index in [-0.39, 0.29) is 18.6 Å². The third kappa shape index (κ3) is 7.58. The van der Waals surface area contributed by atoms with Crippen molar-refractivity contribution in [1.82, 2.24) is 10.7 Å². The molecule has 2 aromatic carbocycles. The van der Waals surface area contributed by atoms with Crippen molar-refractivity contribution in [2.24, 2.45) is 5.10 Å². The molecular weight excluding hydrogens is 396 g/mol. The molecule has 0 aliphatic heterocycles. The molecule has 3 amide bonds. The Balaban J connectivity index is 1.81. The number of nitrogens with zero attached hydrogens (tertiary/aromatic N) is 1. The first-order chi connectivity index (χ1) is 14.8. The zero-order valence-corrected chi connectivity index (χ0v) is 18.2. The largest absolute Gasteiger partial charge is 0.484 e. The van der Waals surface area contributed by atoms with Gasteiger partial charge in [-0.15, -0.1) is 0 Å². The number of carbonyl (C=O) groups excluding carboxylic acids is 3. The summed E-state index contributed by atoms with van der Waals surface area (Å²) in [6.45, 7) is 7.47. The SMILES string of the molecule is CC[C@H](C)NC(=O)C(=O)N/N=C\c1ccc(OCC(=O)Nc2c(C)cccc2C)cc1. The summed E-state index contributed by atoms with van der Waals surface area (Å²) in [6.07, 6.45) is 2.13. The predicted octanol–water partition coefficient (Wildman–Crippen LogP) is 2.69. The number of ether oxygens (including phenoxy) is 1. The molecule has 8 heteroatoms. The molecule has 1 atom stereocenters. The van der Waals surface area contributed by atoms with Crippen LogP contribution < -0.4 is 20.8 Å². The molecule has 0 heterocycles. The quantitative estimate of drug-likeness (QED) is 0.344. The van der Waals surface area contributed by atoms with Crippen LogP contribution in [0.1, 0.15) is 37.0 Å². The summed E-state index contributed by atoms with van der Waals surface area (Å²) in [5.41, 5.74) is 5.64. The second-order valence-electron chi connectivity index (χ2n) is 7.15. The standard InChI is InChI=1S/C23H28N4O4/c1-5-17(4)25-22(29)23(30)27-24-13-18-9-11-19(12-10-18)31-14-20(28)26-21-15(2)7-6-8-16(21)3/h6-13,17H,5,14H2,1-4H3,(H,25,29)(H,26,28)(H,27,30)/b24-13-/t17-/m0/s1. The number of hydrazone groups is 1. The van der Waals surface area contributed by atoms with E-state index in [2.05, 4.69) is 21.2 Å². The second kappa shape index (κ2) is 11.5. The Kier molecular flexibility index (Phi) is 8.75. The maximum absolute atomic E-state index is 12.2. The van der Waals surface area contributed by atoms with Crippen LogP contribution in [0.4, 0.5) is 5.69 Å². The van der Waals surface area contributed by atoms with Crippen LogP contribution in [0.15, 0.2) is 47.6 Å². The minimum atomic E-state index is -0.827. The lowest BCUT2D eigenvalue weighted by molar-refractivity contribution is -0.139. The molecule has 0 spiro atoms. The van der Waals surface area contributed by atoms with Crippen LogP contribution in [0.5, 0.6) is 5.75 Å². The summed E-state index contributed by atoms with van der Waals surface area (Å²) in [5.74, 6) is -1.28. The summed E-state index contributed by atoms with van der Waals surface area (Å²) in [6, 6.07) is 12.5. The van der Waals surface area contributed by atoms with E-state index in [4.69, 9.17) is 4.74 Å². The third-order valence-electron chi connectivity index (χ3n) is 4.57.